The van der Waals surface area contributed by atoms with Crippen LogP contribution in [0.15, 0.2) is 24.3 Å². The molecular weight excluding hydrogens is 208 g/mol. The molecule has 0 heterocycles. The lowest BCUT2D eigenvalue weighted by atomic mass is 10.1. The van der Waals surface area contributed by atoms with Gasteiger partial charge in [0.2, 0.25) is 0 Å². The molecule has 0 amide bonds. The van der Waals surface area contributed by atoms with Crippen LogP contribution < -0.4 is 4.74 Å². The maximum Gasteiger partial charge on any atom is 0.330 e. The Kier molecular flexibility index (Phi) is 4.54. The van der Waals surface area contributed by atoms with Crippen LogP contribution in [0.2, 0.25) is 0 Å². The van der Waals surface area contributed by atoms with E-state index in [1.54, 1.807) is 24.3 Å². The molecule has 1 N–H and O–H groups in total. The van der Waals surface area contributed by atoms with E-state index in [4.69, 9.17) is 9.84 Å². The van der Waals surface area contributed by atoms with E-state index in [-0.39, 0.29) is 6.61 Å². The first-order valence-electron chi connectivity index (χ1n) is 4.75. The molecule has 0 bridgehead atoms. The molecule has 0 fully saturated rings. The Balaban J connectivity index is 2.91. The SMILES string of the molecule is COC(=O)C=Cc1ccc(CO)c(OC)c1. The summed E-state index contributed by atoms with van der Waals surface area (Å²) in [6, 6.07) is 5.27. The van der Waals surface area contributed by atoms with E-state index in [1.807, 2.05) is 0 Å². The Morgan fingerprint density at radius 1 is 1.44 bits per heavy atom. The second-order valence-corrected chi connectivity index (χ2v) is 3.09. The zero-order valence-electron chi connectivity index (χ0n) is 9.27. The van der Waals surface area contributed by atoms with Crippen molar-refractivity contribution in [3.8, 4) is 5.75 Å². The third-order valence-electron chi connectivity index (χ3n) is 2.09. The summed E-state index contributed by atoms with van der Waals surface area (Å²) in [5, 5.41) is 9.02. The zero-order chi connectivity index (χ0) is 12.0. The lowest BCUT2D eigenvalue weighted by Gasteiger charge is -2.06. The van der Waals surface area contributed by atoms with Gasteiger partial charge in [-0.2, -0.15) is 0 Å². The molecule has 0 aliphatic rings. The highest BCUT2D eigenvalue weighted by atomic mass is 16.5. The molecule has 0 spiro atoms. The minimum Gasteiger partial charge on any atom is -0.496 e. The minimum absolute atomic E-state index is 0.0792. The normalized spacial score (nSPS) is 10.4. The van der Waals surface area contributed by atoms with Crippen molar-refractivity contribution in [3.05, 3.63) is 35.4 Å². The van der Waals surface area contributed by atoms with Gasteiger partial charge in [-0.05, 0) is 17.7 Å². The van der Waals surface area contributed by atoms with Crippen molar-refractivity contribution in [3.63, 3.8) is 0 Å². The highest BCUT2D eigenvalue weighted by Crippen LogP contribution is 2.20. The van der Waals surface area contributed by atoms with Gasteiger partial charge in [-0.15, -0.1) is 0 Å². The van der Waals surface area contributed by atoms with Crippen LogP contribution >= 0.6 is 0 Å². The van der Waals surface area contributed by atoms with Crippen LogP contribution in [0.25, 0.3) is 6.08 Å². The van der Waals surface area contributed by atoms with Crippen LogP contribution in [0.5, 0.6) is 5.75 Å². The predicted octanol–water partition coefficient (Wildman–Crippen LogP) is 1.37. The zero-order valence-corrected chi connectivity index (χ0v) is 9.27. The van der Waals surface area contributed by atoms with Crippen molar-refractivity contribution in [1.29, 1.82) is 0 Å². The quantitative estimate of drug-likeness (QED) is 0.617. The Bertz CT molecular complexity index is 396. The van der Waals surface area contributed by atoms with Crippen molar-refractivity contribution in [2.45, 2.75) is 6.61 Å². The number of carbonyl (C=O) groups is 1. The van der Waals surface area contributed by atoms with E-state index in [0.29, 0.717) is 11.3 Å². The maximum atomic E-state index is 10.9. The molecule has 0 radical (unpaired) electrons. The smallest absolute Gasteiger partial charge is 0.330 e. The van der Waals surface area contributed by atoms with Gasteiger partial charge in [0, 0.05) is 11.6 Å². The van der Waals surface area contributed by atoms with Gasteiger partial charge in [-0.25, -0.2) is 4.79 Å². The lowest BCUT2D eigenvalue weighted by molar-refractivity contribution is -0.134. The standard InChI is InChI=1S/C12H14O4/c1-15-11-7-9(3-5-10(11)8-13)4-6-12(14)16-2/h3-7,13H,8H2,1-2H3. The predicted molar refractivity (Wildman–Crippen MR) is 60.0 cm³/mol. The van der Waals surface area contributed by atoms with Crippen molar-refractivity contribution in [1.82, 2.24) is 0 Å². The molecule has 0 atom stereocenters. The van der Waals surface area contributed by atoms with Crippen LogP contribution in [-0.4, -0.2) is 25.3 Å². The van der Waals surface area contributed by atoms with E-state index >= 15 is 0 Å². The number of carbonyl (C=O) groups excluding carboxylic acids is 1. The first kappa shape index (κ1) is 12.3. The summed E-state index contributed by atoms with van der Waals surface area (Å²) < 4.78 is 9.58. The number of methoxy groups -OCH3 is 2. The number of aliphatic hydroxyl groups is 1. The third-order valence-corrected chi connectivity index (χ3v) is 2.09. The number of hydrogen-bond donors (Lipinski definition) is 1. The largest absolute Gasteiger partial charge is 0.496 e. The number of esters is 1. The molecule has 0 aliphatic carbocycles. The molecular formula is C12H14O4. The summed E-state index contributed by atoms with van der Waals surface area (Å²) in [6.07, 6.45) is 2.95. The number of rotatable bonds is 4. The first-order valence-corrected chi connectivity index (χ1v) is 4.75. The molecule has 0 saturated carbocycles. The average molecular weight is 222 g/mol. The number of hydrogen-bond acceptors (Lipinski definition) is 4. The van der Waals surface area contributed by atoms with Gasteiger partial charge in [-0.3, -0.25) is 0 Å². The van der Waals surface area contributed by atoms with Gasteiger partial charge in [0.25, 0.3) is 0 Å². The molecule has 16 heavy (non-hydrogen) atoms. The molecule has 0 unspecified atom stereocenters. The molecule has 86 valence electrons. The summed E-state index contributed by atoms with van der Waals surface area (Å²) in [4.78, 5) is 10.9. The molecule has 0 aromatic heterocycles. The molecule has 1 rings (SSSR count). The molecule has 0 aliphatic heterocycles. The van der Waals surface area contributed by atoms with E-state index in [0.717, 1.165) is 5.56 Å². The summed E-state index contributed by atoms with van der Waals surface area (Å²) >= 11 is 0. The fraction of sp³-hybridized carbons (Fsp3) is 0.250. The number of benzene rings is 1. The highest BCUT2D eigenvalue weighted by Gasteiger charge is 2.02. The fourth-order valence-corrected chi connectivity index (χ4v) is 1.23. The van der Waals surface area contributed by atoms with Gasteiger partial charge in [-0.1, -0.05) is 12.1 Å². The Hall–Kier alpha value is -1.81. The van der Waals surface area contributed by atoms with Gasteiger partial charge in [0.15, 0.2) is 0 Å². The summed E-state index contributed by atoms with van der Waals surface area (Å²) in [7, 11) is 2.85. The second-order valence-electron chi connectivity index (χ2n) is 3.09. The maximum absolute atomic E-state index is 10.9. The number of aliphatic hydroxyl groups excluding tert-OH is 1. The van der Waals surface area contributed by atoms with Crippen molar-refractivity contribution in [2.75, 3.05) is 14.2 Å². The van der Waals surface area contributed by atoms with Gasteiger partial charge in [0.05, 0.1) is 20.8 Å². The Morgan fingerprint density at radius 3 is 2.75 bits per heavy atom. The van der Waals surface area contributed by atoms with Crippen LogP contribution in [-0.2, 0) is 16.1 Å². The fourth-order valence-electron chi connectivity index (χ4n) is 1.23. The Labute approximate surface area is 94.1 Å². The van der Waals surface area contributed by atoms with Crippen molar-refractivity contribution in [2.24, 2.45) is 0 Å². The average Bonchev–Trinajstić information content (AvgIpc) is 2.35. The van der Waals surface area contributed by atoms with Crippen LogP contribution in [0.3, 0.4) is 0 Å². The number of ether oxygens (including phenoxy) is 2. The van der Waals surface area contributed by atoms with Crippen molar-refractivity contribution >= 4 is 12.0 Å². The monoisotopic (exact) mass is 222 g/mol. The summed E-state index contributed by atoms with van der Waals surface area (Å²) in [5.41, 5.74) is 1.51. The van der Waals surface area contributed by atoms with Crippen LogP contribution in [0.4, 0.5) is 0 Å². The van der Waals surface area contributed by atoms with Gasteiger partial charge < -0.3 is 14.6 Å². The van der Waals surface area contributed by atoms with Crippen molar-refractivity contribution < 1.29 is 19.4 Å². The third kappa shape index (κ3) is 3.10. The van der Waals surface area contributed by atoms with Gasteiger partial charge >= 0.3 is 5.97 Å². The summed E-state index contributed by atoms with van der Waals surface area (Å²) in [6.45, 7) is -0.0792. The highest BCUT2D eigenvalue weighted by molar-refractivity contribution is 5.87. The van der Waals surface area contributed by atoms with E-state index in [9.17, 15) is 4.79 Å². The molecule has 1 aromatic rings. The topological polar surface area (TPSA) is 55.8 Å². The lowest BCUT2D eigenvalue weighted by Crippen LogP contribution is -1.94. The minimum atomic E-state index is -0.412. The first-order chi connectivity index (χ1) is 7.71. The molecule has 4 nitrogen and oxygen atoms in total. The Morgan fingerprint density at radius 2 is 2.19 bits per heavy atom. The van der Waals surface area contributed by atoms with Crippen LogP contribution in [0, 0.1) is 0 Å². The van der Waals surface area contributed by atoms with E-state index in [1.165, 1.54) is 20.3 Å². The summed E-state index contributed by atoms with van der Waals surface area (Å²) in [5.74, 6) is 0.180. The van der Waals surface area contributed by atoms with E-state index in [2.05, 4.69) is 4.74 Å². The molecule has 0 saturated heterocycles. The molecule has 4 heteroatoms. The van der Waals surface area contributed by atoms with Gasteiger partial charge in [0.1, 0.15) is 5.75 Å². The van der Waals surface area contributed by atoms with Crippen LogP contribution in [0.1, 0.15) is 11.1 Å². The second kappa shape index (κ2) is 5.92. The van der Waals surface area contributed by atoms with E-state index < -0.39 is 5.97 Å². The molecule has 1 aromatic carbocycles.